The molecule has 0 saturated heterocycles. The summed E-state index contributed by atoms with van der Waals surface area (Å²) in [7, 11) is 0. The highest BCUT2D eigenvalue weighted by molar-refractivity contribution is 9.09. The SMILES string of the molecule is CC(C)(C)CC(Br)CNC(=O)c1cccc(Cl)c1F. The van der Waals surface area contributed by atoms with Gasteiger partial charge in [0, 0.05) is 11.4 Å². The Balaban J connectivity index is 2.59. The number of carbonyl (C=O) groups excluding carboxylic acids is 1. The molecule has 106 valence electrons. The average Bonchev–Trinajstić information content (AvgIpc) is 2.27. The van der Waals surface area contributed by atoms with E-state index in [2.05, 4.69) is 42.0 Å². The number of benzene rings is 1. The first-order valence-corrected chi connectivity index (χ1v) is 7.36. The van der Waals surface area contributed by atoms with Crippen molar-refractivity contribution in [1.82, 2.24) is 5.32 Å². The van der Waals surface area contributed by atoms with Crippen LogP contribution in [0.1, 0.15) is 37.6 Å². The van der Waals surface area contributed by atoms with E-state index < -0.39 is 11.7 Å². The molecule has 5 heteroatoms. The summed E-state index contributed by atoms with van der Waals surface area (Å²) in [4.78, 5) is 12.0. The van der Waals surface area contributed by atoms with Gasteiger partial charge < -0.3 is 5.32 Å². The van der Waals surface area contributed by atoms with Crippen LogP contribution in [0, 0.1) is 11.2 Å². The minimum atomic E-state index is -0.677. The summed E-state index contributed by atoms with van der Waals surface area (Å²) in [5, 5.41) is 2.66. The van der Waals surface area contributed by atoms with Gasteiger partial charge in [0.05, 0.1) is 10.6 Å². The zero-order chi connectivity index (χ0) is 14.6. The van der Waals surface area contributed by atoms with Crippen molar-refractivity contribution in [2.45, 2.75) is 32.0 Å². The summed E-state index contributed by atoms with van der Waals surface area (Å²) in [6.07, 6.45) is 0.908. The molecule has 1 N–H and O–H groups in total. The van der Waals surface area contributed by atoms with Gasteiger partial charge in [0.25, 0.3) is 5.91 Å². The van der Waals surface area contributed by atoms with E-state index in [1.165, 1.54) is 12.1 Å². The number of hydrogen-bond donors (Lipinski definition) is 1. The normalized spacial score (nSPS) is 13.2. The van der Waals surface area contributed by atoms with E-state index in [0.29, 0.717) is 6.54 Å². The van der Waals surface area contributed by atoms with E-state index in [-0.39, 0.29) is 20.8 Å². The van der Waals surface area contributed by atoms with Gasteiger partial charge in [-0.05, 0) is 24.0 Å². The van der Waals surface area contributed by atoms with E-state index in [1.54, 1.807) is 6.07 Å². The zero-order valence-corrected chi connectivity index (χ0v) is 13.6. The average molecular weight is 351 g/mol. The molecule has 0 aliphatic heterocycles. The first-order chi connectivity index (χ1) is 8.70. The highest BCUT2D eigenvalue weighted by atomic mass is 79.9. The fraction of sp³-hybridized carbons (Fsp3) is 0.500. The Morgan fingerprint density at radius 1 is 1.47 bits per heavy atom. The van der Waals surface area contributed by atoms with E-state index >= 15 is 0 Å². The van der Waals surface area contributed by atoms with Gasteiger partial charge >= 0.3 is 0 Å². The summed E-state index contributed by atoms with van der Waals surface area (Å²) in [5.41, 5.74) is 0.142. The Morgan fingerprint density at radius 2 is 2.11 bits per heavy atom. The summed E-state index contributed by atoms with van der Waals surface area (Å²) >= 11 is 9.16. The molecule has 0 spiro atoms. The Hall–Kier alpha value is -0.610. The molecular weight excluding hydrogens is 333 g/mol. The maximum Gasteiger partial charge on any atom is 0.254 e. The van der Waals surface area contributed by atoms with E-state index in [4.69, 9.17) is 11.6 Å². The van der Waals surface area contributed by atoms with Crippen LogP contribution < -0.4 is 5.32 Å². The van der Waals surface area contributed by atoms with Gasteiger partial charge in [0.15, 0.2) is 5.82 Å². The van der Waals surface area contributed by atoms with E-state index in [9.17, 15) is 9.18 Å². The number of nitrogens with one attached hydrogen (secondary N) is 1. The molecule has 1 unspecified atom stereocenters. The first kappa shape index (κ1) is 16.4. The highest BCUT2D eigenvalue weighted by Gasteiger charge is 2.18. The molecule has 1 aromatic carbocycles. The van der Waals surface area contributed by atoms with Crippen molar-refractivity contribution in [3.8, 4) is 0 Å². The quantitative estimate of drug-likeness (QED) is 0.801. The topological polar surface area (TPSA) is 29.1 Å². The summed E-state index contributed by atoms with van der Waals surface area (Å²) in [6, 6.07) is 4.39. The largest absolute Gasteiger partial charge is 0.351 e. The third-order valence-corrected chi connectivity index (χ3v) is 3.45. The highest BCUT2D eigenvalue weighted by Crippen LogP contribution is 2.24. The standard InChI is InChI=1S/C14H18BrClFNO/c1-14(2,3)7-9(15)8-18-13(19)10-5-4-6-11(16)12(10)17/h4-6,9H,7-8H2,1-3H3,(H,18,19). The van der Waals surface area contributed by atoms with E-state index in [1.807, 2.05) is 0 Å². The van der Waals surface area contributed by atoms with Crippen LogP contribution in [0.5, 0.6) is 0 Å². The molecule has 1 aromatic rings. The lowest BCUT2D eigenvalue weighted by Crippen LogP contribution is -2.31. The summed E-state index contributed by atoms with van der Waals surface area (Å²) in [5.74, 6) is -1.12. The lowest BCUT2D eigenvalue weighted by molar-refractivity contribution is 0.0948. The lowest BCUT2D eigenvalue weighted by Gasteiger charge is -2.22. The van der Waals surface area contributed by atoms with Gasteiger partial charge in [-0.15, -0.1) is 0 Å². The molecule has 2 nitrogen and oxygen atoms in total. The molecule has 0 heterocycles. The van der Waals surface area contributed by atoms with Gasteiger partial charge in [-0.1, -0.05) is 54.4 Å². The third kappa shape index (κ3) is 5.49. The lowest BCUT2D eigenvalue weighted by atomic mass is 9.90. The number of rotatable bonds is 4. The maximum atomic E-state index is 13.6. The van der Waals surface area contributed by atoms with Crippen molar-refractivity contribution >= 4 is 33.4 Å². The Kier molecular flexibility index (Phi) is 5.81. The van der Waals surface area contributed by atoms with Crippen molar-refractivity contribution in [2.24, 2.45) is 5.41 Å². The number of carbonyl (C=O) groups is 1. The zero-order valence-electron chi connectivity index (χ0n) is 11.3. The van der Waals surface area contributed by atoms with Gasteiger partial charge in [-0.2, -0.15) is 0 Å². The van der Waals surface area contributed by atoms with Gasteiger partial charge in [-0.3, -0.25) is 4.79 Å². The van der Waals surface area contributed by atoms with Crippen LogP contribution in [0.25, 0.3) is 0 Å². The van der Waals surface area contributed by atoms with Crippen LogP contribution >= 0.6 is 27.5 Å². The van der Waals surface area contributed by atoms with Crippen molar-refractivity contribution in [3.63, 3.8) is 0 Å². The monoisotopic (exact) mass is 349 g/mol. The summed E-state index contributed by atoms with van der Waals surface area (Å²) in [6.45, 7) is 6.82. The maximum absolute atomic E-state index is 13.6. The van der Waals surface area contributed by atoms with Crippen LogP contribution in [-0.2, 0) is 0 Å². The van der Waals surface area contributed by atoms with Crippen LogP contribution in [0.3, 0.4) is 0 Å². The van der Waals surface area contributed by atoms with Crippen molar-refractivity contribution in [2.75, 3.05) is 6.54 Å². The molecular formula is C14H18BrClFNO. The molecule has 0 fully saturated rings. The Bertz CT molecular complexity index is 459. The second kappa shape index (κ2) is 6.71. The molecule has 0 saturated carbocycles. The van der Waals surface area contributed by atoms with Crippen molar-refractivity contribution < 1.29 is 9.18 Å². The van der Waals surface area contributed by atoms with Crippen LogP contribution in [0.15, 0.2) is 18.2 Å². The second-order valence-corrected chi connectivity index (χ2v) is 7.38. The predicted octanol–water partition coefficient (Wildman–Crippen LogP) is 4.41. The summed E-state index contributed by atoms with van der Waals surface area (Å²) < 4.78 is 13.6. The van der Waals surface area contributed by atoms with Crippen LogP contribution in [-0.4, -0.2) is 17.3 Å². The molecule has 0 radical (unpaired) electrons. The van der Waals surface area contributed by atoms with Gasteiger partial charge in [0.1, 0.15) is 0 Å². The first-order valence-electron chi connectivity index (χ1n) is 6.07. The third-order valence-electron chi connectivity index (χ3n) is 2.51. The predicted molar refractivity (Wildman–Crippen MR) is 80.5 cm³/mol. The fourth-order valence-electron chi connectivity index (χ4n) is 1.71. The minimum absolute atomic E-state index is 0.0250. The molecule has 1 amide bonds. The minimum Gasteiger partial charge on any atom is -0.351 e. The number of halogens is 3. The Morgan fingerprint density at radius 3 is 2.68 bits per heavy atom. The molecule has 0 bridgehead atoms. The van der Waals surface area contributed by atoms with Crippen molar-refractivity contribution in [1.29, 1.82) is 0 Å². The number of alkyl halides is 1. The van der Waals surface area contributed by atoms with Crippen LogP contribution in [0.2, 0.25) is 5.02 Å². The molecule has 0 aliphatic rings. The molecule has 19 heavy (non-hydrogen) atoms. The molecule has 0 aromatic heterocycles. The van der Waals surface area contributed by atoms with Crippen LogP contribution in [0.4, 0.5) is 4.39 Å². The molecule has 1 rings (SSSR count). The number of amides is 1. The second-order valence-electron chi connectivity index (χ2n) is 5.67. The van der Waals surface area contributed by atoms with Gasteiger partial charge in [0.2, 0.25) is 0 Å². The number of hydrogen-bond acceptors (Lipinski definition) is 1. The smallest absolute Gasteiger partial charge is 0.254 e. The molecule has 1 atom stereocenters. The van der Waals surface area contributed by atoms with Crippen molar-refractivity contribution in [3.05, 3.63) is 34.6 Å². The Labute approximate surface area is 126 Å². The van der Waals surface area contributed by atoms with E-state index in [0.717, 1.165) is 6.42 Å². The molecule has 0 aliphatic carbocycles. The fourth-order valence-corrected chi connectivity index (χ4v) is 3.02. The van der Waals surface area contributed by atoms with Gasteiger partial charge in [-0.25, -0.2) is 4.39 Å².